The van der Waals surface area contributed by atoms with Crippen LogP contribution in [0, 0.1) is 11.8 Å². The summed E-state index contributed by atoms with van der Waals surface area (Å²) in [5.74, 6) is 1.72. The van der Waals surface area contributed by atoms with Crippen molar-refractivity contribution < 1.29 is 4.79 Å². The molecule has 3 rings (SSSR count). The summed E-state index contributed by atoms with van der Waals surface area (Å²) >= 11 is 3.43. The fourth-order valence-corrected chi connectivity index (χ4v) is 3.78. The van der Waals surface area contributed by atoms with Crippen LogP contribution in [0.3, 0.4) is 0 Å². The molecule has 0 radical (unpaired) electrons. The smallest absolute Gasteiger partial charge is 0.253 e. The molecule has 96 valence electrons. The van der Waals surface area contributed by atoms with Crippen molar-refractivity contribution in [1.29, 1.82) is 0 Å². The van der Waals surface area contributed by atoms with Crippen LogP contribution in [0.4, 0.5) is 0 Å². The van der Waals surface area contributed by atoms with Gasteiger partial charge < -0.3 is 4.90 Å². The summed E-state index contributed by atoms with van der Waals surface area (Å²) in [6, 6.07) is 7.72. The van der Waals surface area contributed by atoms with Crippen molar-refractivity contribution in [2.75, 3.05) is 13.1 Å². The first-order valence-electron chi connectivity index (χ1n) is 6.79. The monoisotopic (exact) mass is 307 g/mol. The largest absolute Gasteiger partial charge is 0.338 e. The normalized spacial score (nSPS) is 27.1. The zero-order valence-electron chi connectivity index (χ0n) is 10.4. The first-order chi connectivity index (χ1) is 8.74. The van der Waals surface area contributed by atoms with E-state index < -0.39 is 0 Å². The van der Waals surface area contributed by atoms with Crippen molar-refractivity contribution in [2.45, 2.75) is 25.7 Å². The molecular formula is C15H18BrNO. The molecule has 2 aliphatic rings. The highest BCUT2D eigenvalue weighted by Crippen LogP contribution is 2.36. The van der Waals surface area contributed by atoms with Crippen molar-refractivity contribution >= 4 is 21.8 Å². The molecule has 1 heterocycles. The van der Waals surface area contributed by atoms with E-state index in [-0.39, 0.29) is 5.91 Å². The van der Waals surface area contributed by atoms with E-state index in [1.165, 1.54) is 25.7 Å². The van der Waals surface area contributed by atoms with Crippen LogP contribution in [0.25, 0.3) is 0 Å². The van der Waals surface area contributed by atoms with E-state index in [2.05, 4.69) is 20.8 Å². The number of halogens is 1. The maximum Gasteiger partial charge on any atom is 0.253 e. The third-order valence-corrected chi connectivity index (χ3v) is 4.83. The molecule has 0 bridgehead atoms. The molecule has 1 aliphatic carbocycles. The van der Waals surface area contributed by atoms with Gasteiger partial charge in [-0.05, 0) is 42.9 Å². The highest BCUT2D eigenvalue weighted by atomic mass is 79.9. The molecule has 2 fully saturated rings. The lowest BCUT2D eigenvalue weighted by Gasteiger charge is -2.22. The van der Waals surface area contributed by atoms with E-state index in [9.17, 15) is 4.79 Å². The number of fused-ring (bicyclic) bond motifs is 1. The maximum atomic E-state index is 12.4. The van der Waals surface area contributed by atoms with Crippen molar-refractivity contribution in [1.82, 2.24) is 4.90 Å². The Hall–Kier alpha value is -0.830. The summed E-state index contributed by atoms with van der Waals surface area (Å²) in [6.07, 6.45) is 5.32. The molecule has 18 heavy (non-hydrogen) atoms. The second-order valence-electron chi connectivity index (χ2n) is 5.53. The van der Waals surface area contributed by atoms with Crippen LogP contribution in [0.5, 0.6) is 0 Å². The predicted octanol–water partition coefficient (Wildman–Crippen LogP) is 3.71. The van der Waals surface area contributed by atoms with Gasteiger partial charge in [-0.3, -0.25) is 4.79 Å². The molecular weight excluding hydrogens is 290 g/mol. The molecule has 3 heteroatoms. The summed E-state index contributed by atoms with van der Waals surface area (Å²) < 4.78 is 0.977. The number of amides is 1. The Morgan fingerprint density at radius 3 is 2.44 bits per heavy atom. The number of hydrogen-bond acceptors (Lipinski definition) is 1. The van der Waals surface area contributed by atoms with Crippen LogP contribution in [0.1, 0.15) is 36.0 Å². The molecule has 0 spiro atoms. The van der Waals surface area contributed by atoms with Crippen molar-refractivity contribution in [3.05, 3.63) is 34.3 Å². The van der Waals surface area contributed by atoms with Crippen molar-refractivity contribution in [3.8, 4) is 0 Å². The molecule has 1 saturated heterocycles. The minimum Gasteiger partial charge on any atom is -0.338 e. The number of nitrogens with zero attached hydrogens (tertiary/aromatic N) is 1. The molecule has 2 unspecified atom stereocenters. The predicted molar refractivity (Wildman–Crippen MR) is 75.5 cm³/mol. The van der Waals surface area contributed by atoms with Gasteiger partial charge in [0.05, 0.1) is 0 Å². The molecule has 1 aromatic carbocycles. The average Bonchev–Trinajstić information content (AvgIpc) is 2.81. The molecule has 0 N–H and O–H groups in total. The lowest BCUT2D eigenvalue weighted by Crippen LogP contribution is -2.28. The van der Waals surface area contributed by atoms with Gasteiger partial charge in [-0.2, -0.15) is 0 Å². The number of hydrogen-bond donors (Lipinski definition) is 0. The molecule has 2 atom stereocenters. The number of rotatable bonds is 1. The Morgan fingerprint density at radius 2 is 1.83 bits per heavy atom. The summed E-state index contributed by atoms with van der Waals surface area (Å²) in [5.41, 5.74) is 0.808. The van der Waals surface area contributed by atoms with Gasteiger partial charge in [0.1, 0.15) is 0 Å². The molecule has 1 aliphatic heterocycles. The standard InChI is InChI=1S/C15H18BrNO/c16-14-7-3-6-11(8-14)15(18)17-9-12-4-1-2-5-13(12)10-17/h3,6-8,12-13H,1-2,4-5,9-10H2. The van der Waals surface area contributed by atoms with Gasteiger partial charge in [0.25, 0.3) is 5.91 Å². The minimum atomic E-state index is 0.200. The van der Waals surface area contributed by atoms with Crippen LogP contribution in [-0.4, -0.2) is 23.9 Å². The lowest BCUT2D eigenvalue weighted by molar-refractivity contribution is 0.0784. The van der Waals surface area contributed by atoms with E-state index >= 15 is 0 Å². The van der Waals surface area contributed by atoms with Crippen LogP contribution in [0.15, 0.2) is 28.7 Å². The number of likely N-dealkylation sites (tertiary alicyclic amines) is 1. The Bertz CT molecular complexity index is 446. The van der Waals surface area contributed by atoms with Gasteiger partial charge >= 0.3 is 0 Å². The highest BCUT2D eigenvalue weighted by molar-refractivity contribution is 9.10. The zero-order chi connectivity index (χ0) is 12.5. The second-order valence-corrected chi connectivity index (χ2v) is 6.44. The minimum absolute atomic E-state index is 0.200. The number of carbonyl (C=O) groups excluding carboxylic acids is 1. The van der Waals surface area contributed by atoms with Gasteiger partial charge in [-0.1, -0.05) is 34.8 Å². The van der Waals surface area contributed by atoms with E-state index in [0.29, 0.717) is 0 Å². The van der Waals surface area contributed by atoms with Gasteiger partial charge in [-0.25, -0.2) is 0 Å². The first kappa shape index (κ1) is 12.2. The first-order valence-corrected chi connectivity index (χ1v) is 7.58. The quantitative estimate of drug-likeness (QED) is 0.774. The number of benzene rings is 1. The molecule has 1 saturated carbocycles. The van der Waals surface area contributed by atoms with Crippen LogP contribution in [0.2, 0.25) is 0 Å². The molecule has 0 aromatic heterocycles. The topological polar surface area (TPSA) is 20.3 Å². The summed E-state index contributed by atoms with van der Waals surface area (Å²) in [7, 11) is 0. The van der Waals surface area contributed by atoms with E-state index in [1.54, 1.807) is 0 Å². The molecule has 2 nitrogen and oxygen atoms in total. The van der Waals surface area contributed by atoms with Crippen molar-refractivity contribution in [2.24, 2.45) is 11.8 Å². The maximum absolute atomic E-state index is 12.4. The fraction of sp³-hybridized carbons (Fsp3) is 0.533. The van der Waals surface area contributed by atoms with Gasteiger partial charge in [0, 0.05) is 23.1 Å². The Balaban J connectivity index is 1.74. The van der Waals surface area contributed by atoms with Crippen molar-refractivity contribution in [3.63, 3.8) is 0 Å². The van der Waals surface area contributed by atoms with Crippen LogP contribution < -0.4 is 0 Å². The molecule has 1 aromatic rings. The Labute approximate surface area is 116 Å². The van der Waals surface area contributed by atoms with Crippen LogP contribution in [-0.2, 0) is 0 Å². The summed E-state index contributed by atoms with van der Waals surface area (Å²) in [5, 5.41) is 0. The summed E-state index contributed by atoms with van der Waals surface area (Å²) in [6.45, 7) is 1.94. The average molecular weight is 308 g/mol. The van der Waals surface area contributed by atoms with E-state index in [0.717, 1.165) is 35.0 Å². The number of carbonyl (C=O) groups is 1. The van der Waals surface area contributed by atoms with Gasteiger partial charge in [0.15, 0.2) is 0 Å². The Morgan fingerprint density at radius 1 is 1.17 bits per heavy atom. The van der Waals surface area contributed by atoms with Crippen LogP contribution >= 0.6 is 15.9 Å². The summed E-state index contributed by atoms with van der Waals surface area (Å²) in [4.78, 5) is 14.5. The third-order valence-electron chi connectivity index (χ3n) is 4.34. The third kappa shape index (κ3) is 2.33. The SMILES string of the molecule is O=C(c1cccc(Br)c1)N1CC2CCCCC2C1. The van der Waals surface area contributed by atoms with Gasteiger partial charge in [0.2, 0.25) is 0 Å². The fourth-order valence-electron chi connectivity index (χ4n) is 3.38. The van der Waals surface area contributed by atoms with E-state index in [1.807, 2.05) is 24.3 Å². The lowest BCUT2D eigenvalue weighted by atomic mass is 9.82. The molecule has 1 amide bonds. The highest BCUT2D eigenvalue weighted by Gasteiger charge is 2.36. The Kier molecular flexibility index (Phi) is 3.42. The van der Waals surface area contributed by atoms with E-state index in [4.69, 9.17) is 0 Å². The second kappa shape index (κ2) is 5.04. The van der Waals surface area contributed by atoms with Gasteiger partial charge in [-0.15, -0.1) is 0 Å². The zero-order valence-corrected chi connectivity index (χ0v) is 12.0.